The van der Waals surface area contributed by atoms with Gasteiger partial charge in [-0.05, 0) is 48.0 Å². The highest BCUT2D eigenvalue weighted by Crippen LogP contribution is 2.44. The highest BCUT2D eigenvalue weighted by Gasteiger charge is 2.47. The van der Waals surface area contributed by atoms with Crippen molar-refractivity contribution < 1.29 is 24.4 Å². The number of amides is 1. The Labute approximate surface area is 211 Å². The first-order chi connectivity index (χ1) is 17.1. The molecule has 10 heteroatoms. The van der Waals surface area contributed by atoms with Crippen molar-refractivity contribution in [3.8, 4) is 5.75 Å². The number of anilines is 2. The molecule has 184 valence electrons. The predicted molar refractivity (Wildman–Crippen MR) is 137 cm³/mol. The molecule has 1 fully saturated rings. The average molecular weight is 508 g/mol. The Hall–Kier alpha value is -4.37. The second-order valence-corrected chi connectivity index (χ2v) is 8.69. The summed E-state index contributed by atoms with van der Waals surface area (Å²) >= 11 is 6.31. The summed E-state index contributed by atoms with van der Waals surface area (Å²) in [7, 11) is 5.23. The van der Waals surface area contributed by atoms with Crippen LogP contribution in [-0.2, 0) is 9.59 Å². The number of nitro benzene ring substituents is 1. The molecule has 4 rings (SSSR count). The van der Waals surface area contributed by atoms with Gasteiger partial charge in [-0.15, -0.1) is 0 Å². The number of benzene rings is 3. The van der Waals surface area contributed by atoms with E-state index in [4.69, 9.17) is 16.3 Å². The standard InChI is InChI=1S/C26H22ClN3O6/c1-28(2)17-8-4-15(5-9-17)23-22(24(31)16-6-10-18(11-7-16)30(34)35)25(32)26(33)29(23)19-12-13-21(36-3)20(27)14-19/h4-14,23,31H,1-3H3/b24-22+. The van der Waals surface area contributed by atoms with E-state index < -0.39 is 28.4 Å². The molecule has 1 amide bonds. The molecule has 0 aliphatic carbocycles. The van der Waals surface area contributed by atoms with Crippen LogP contribution in [-0.4, -0.2) is 42.9 Å². The number of Topliss-reactive ketones (excluding diaryl/α,β-unsaturated/α-hetero) is 1. The quantitative estimate of drug-likeness (QED) is 0.165. The number of non-ortho nitro benzene ring substituents is 1. The minimum atomic E-state index is -0.971. The van der Waals surface area contributed by atoms with Gasteiger partial charge in [0.2, 0.25) is 0 Å². The van der Waals surface area contributed by atoms with Crippen LogP contribution in [0.3, 0.4) is 0 Å². The maximum atomic E-state index is 13.3. The van der Waals surface area contributed by atoms with E-state index in [1.165, 1.54) is 42.3 Å². The fourth-order valence-corrected chi connectivity index (χ4v) is 4.32. The number of carbonyl (C=O) groups excluding carboxylic acids is 2. The molecule has 1 unspecified atom stereocenters. The summed E-state index contributed by atoms with van der Waals surface area (Å²) in [5.74, 6) is -1.78. The SMILES string of the molecule is COc1ccc(N2C(=O)C(=O)/C(=C(/O)c3ccc([N+](=O)[O-])cc3)C2c2ccc(N(C)C)cc2)cc1Cl. The lowest BCUT2D eigenvalue weighted by Crippen LogP contribution is -2.29. The third-order valence-corrected chi connectivity index (χ3v) is 6.23. The van der Waals surface area contributed by atoms with E-state index in [0.717, 1.165) is 5.69 Å². The predicted octanol–water partition coefficient (Wildman–Crippen LogP) is 4.95. The largest absolute Gasteiger partial charge is 0.507 e. The van der Waals surface area contributed by atoms with Crippen molar-refractivity contribution in [3.05, 3.63) is 98.6 Å². The summed E-state index contributed by atoms with van der Waals surface area (Å²) in [4.78, 5) is 40.2. The van der Waals surface area contributed by atoms with Gasteiger partial charge < -0.3 is 14.7 Å². The Bertz CT molecular complexity index is 1380. The summed E-state index contributed by atoms with van der Waals surface area (Å²) < 4.78 is 5.20. The molecular formula is C26H22ClN3O6. The zero-order chi connectivity index (χ0) is 26.1. The second kappa shape index (κ2) is 9.71. The maximum Gasteiger partial charge on any atom is 0.300 e. The first-order valence-electron chi connectivity index (χ1n) is 10.8. The summed E-state index contributed by atoms with van der Waals surface area (Å²) in [5.41, 5.74) is 1.68. The van der Waals surface area contributed by atoms with Gasteiger partial charge in [0.05, 0.1) is 28.7 Å². The molecule has 0 radical (unpaired) electrons. The summed E-state index contributed by atoms with van der Waals surface area (Å²) in [6, 6.07) is 16.0. The molecular weight excluding hydrogens is 486 g/mol. The number of halogens is 1. The maximum absolute atomic E-state index is 13.3. The first-order valence-corrected chi connectivity index (χ1v) is 11.2. The van der Waals surface area contributed by atoms with Crippen LogP contribution in [0.15, 0.2) is 72.3 Å². The fraction of sp³-hybridized carbons (Fsp3) is 0.154. The minimum absolute atomic E-state index is 0.140. The van der Waals surface area contributed by atoms with E-state index in [9.17, 15) is 24.8 Å². The van der Waals surface area contributed by atoms with Crippen LogP contribution in [0, 0.1) is 10.1 Å². The Morgan fingerprint density at radius 1 is 1.06 bits per heavy atom. The third kappa shape index (κ3) is 4.36. The van der Waals surface area contributed by atoms with Gasteiger partial charge in [-0.1, -0.05) is 23.7 Å². The number of rotatable bonds is 6. The van der Waals surface area contributed by atoms with Crippen molar-refractivity contribution in [1.82, 2.24) is 0 Å². The van der Waals surface area contributed by atoms with Gasteiger partial charge in [0.15, 0.2) is 0 Å². The van der Waals surface area contributed by atoms with Crippen LogP contribution in [0.1, 0.15) is 17.2 Å². The third-order valence-electron chi connectivity index (χ3n) is 5.93. The van der Waals surface area contributed by atoms with Gasteiger partial charge in [0, 0.05) is 43.2 Å². The Kier molecular flexibility index (Phi) is 6.67. The van der Waals surface area contributed by atoms with Crippen molar-refractivity contribution in [1.29, 1.82) is 0 Å². The van der Waals surface area contributed by atoms with Crippen LogP contribution >= 0.6 is 11.6 Å². The molecule has 9 nitrogen and oxygen atoms in total. The van der Waals surface area contributed by atoms with Crippen molar-refractivity contribution in [2.24, 2.45) is 0 Å². The van der Waals surface area contributed by atoms with Gasteiger partial charge in [0.1, 0.15) is 11.5 Å². The molecule has 36 heavy (non-hydrogen) atoms. The molecule has 0 spiro atoms. The lowest BCUT2D eigenvalue weighted by molar-refractivity contribution is -0.384. The molecule has 1 aliphatic heterocycles. The van der Waals surface area contributed by atoms with Crippen molar-refractivity contribution in [3.63, 3.8) is 0 Å². The molecule has 0 bridgehead atoms. The van der Waals surface area contributed by atoms with Gasteiger partial charge in [0.25, 0.3) is 17.4 Å². The number of hydrogen-bond donors (Lipinski definition) is 1. The Morgan fingerprint density at radius 3 is 2.22 bits per heavy atom. The summed E-state index contributed by atoms with van der Waals surface area (Å²) in [6.45, 7) is 0. The normalized spacial score (nSPS) is 16.8. The van der Waals surface area contributed by atoms with E-state index in [0.29, 0.717) is 17.0 Å². The van der Waals surface area contributed by atoms with E-state index in [2.05, 4.69) is 0 Å². The number of ketones is 1. The van der Waals surface area contributed by atoms with E-state index >= 15 is 0 Å². The van der Waals surface area contributed by atoms with Gasteiger partial charge >= 0.3 is 0 Å². The molecule has 1 aliphatic rings. The second-order valence-electron chi connectivity index (χ2n) is 8.28. The summed E-state index contributed by atoms with van der Waals surface area (Å²) in [6.07, 6.45) is 0. The molecule has 3 aromatic rings. The van der Waals surface area contributed by atoms with Crippen LogP contribution in [0.5, 0.6) is 5.75 Å². The minimum Gasteiger partial charge on any atom is -0.507 e. The number of nitro groups is 1. The zero-order valence-corrected chi connectivity index (χ0v) is 20.4. The van der Waals surface area contributed by atoms with Crippen LogP contribution in [0.25, 0.3) is 5.76 Å². The Morgan fingerprint density at radius 2 is 1.69 bits per heavy atom. The van der Waals surface area contributed by atoms with E-state index in [-0.39, 0.29) is 21.8 Å². The molecule has 1 atom stereocenters. The van der Waals surface area contributed by atoms with Crippen LogP contribution in [0.2, 0.25) is 5.02 Å². The monoisotopic (exact) mass is 507 g/mol. The molecule has 3 aromatic carbocycles. The number of methoxy groups -OCH3 is 1. The van der Waals surface area contributed by atoms with E-state index in [1.807, 2.05) is 31.1 Å². The summed E-state index contributed by atoms with van der Waals surface area (Å²) in [5, 5.41) is 22.4. The zero-order valence-electron chi connectivity index (χ0n) is 19.6. The van der Waals surface area contributed by atoms with Gasteiger partial charge in [-0.2, -0.15) is 0 Å². The molecule has 0 saturated carbocycles. The first kappa shape index (κ1) is 24.7. The van der Waals surface area contributed by atoms with Crippen LogP contribution in [0.4, 0.5) is 17.1 Å². The Balaban J connectivity index is 1.91. The van der Waals surface area contributed by atoms with Crippen molar-refractivity contribution >= 4 is 46.1 Å². The number of aliphatic hydroxyl groups excluding tert-OH is 1. The number of nitrogens with zero attached hydrogens (tertiary/aromatic N) is 3. The molecule has 0 aromatic heterocycles. The van der Waals surface area contributed by atoms with E-state index in [1.54, 1.807) is 24.3 Å². The van der Waals surface area contributed by atoms with Crippen molar-refractivity contribution in [2.45, 2.75) is 6.04 Å². The highest BCUT2D eigenvalue weighted by molar-refractivity contribution is 6.51. The molecule has 1 saturated heterocycles. The van der Waals surface area contributed by atoms with Crippen LogP contribution < -0.4 is 14.5 Å². The lowest BCUT2D eigenvalue weighted by Gasteiger charge is -2.26. The fourth-order valence-electron chi connectivity index (χ4n) is 4.07. The smallest absolute Gasteiger partial charge is 0.300 e. The number of carbonyl (C=O) groups is 2. The molecule has 1 heterocycles. The highest BCUT2D eigenvalue weighted by atomic mass is 35.5. The average Bonchev–Trinajstić information content (AvgIpc) is 3.13. The lowest BCUT2D eigenvalue weighted by atomic mass is 9.95. The number of hydrogen-bond acceptors (Lipinski definition) is 7. The number of aliphatic hydroxyl groups is 1. The van der Waals surface area contributed by atoms with Gasteiger partial charge in [-0.3, -0.25) is 24.6 Å². The van der Waals surface area contributed by atoms with Gasteiger partial charge in [-0.25, -0.2) is 0 Å². The molecule has 1 N–H and O–H groups in total. The number of ether oxygens (including phenoxy) is 1. The van der Waals surface area contributed by atoms with Crippen molar-refractivity contribution in [2.75, 3.05) is 31.0 Å². The topological polar surface area (TPSA) is 113 Å².